The number of nitrogens with two attached hydrogens (primary N) is 1. The summed E-state index contributed by atoms with van der Waals surface area (Å²) in [6.07, 6.45) is 0. The highest BCUT2D eigenvalue weighted by molar-refractivity contribution is 5.97. The Bertz CT molecular complexity index is 497. The minimum atomic E-state index is -0.629. The van der Waals surface area contributed by atoms with E-state index in [1.807, 2.05) is 0 Å². The molecule has 0 spiro atoms. The summed E-state index contributed by atoms with van der Waals surface area (Å²) in [6.45, 7) is 3.40. The fraction of sp³-hybridized carbons (Fsp3) is 0.385. The fourth-order valence-corrected chi connectivity index (χ4v) is 1.52. The van der Waals surface area contributed by atoms with Crippen LogP contribution in [0.2, 0.25) is 0 Å². The van der Waals surface area contributed by atoms with Gasteiger partial charge in [-0.3, -0.25) is 9.59 Å². The summed E-state index contributed by atoms with van der Waals surface area (Å²) in [5.41, 5.74) is 5.77. The number of carbonyl (C=O) groups excluding carboxylic acids is 2. The number of halogens is 2. The van der Waals surface area contributed by atoms with E-state index in [1.54, 1.807) is 14.0 Å². The molecule has 1 aromatic carbocycles. The summed E-state index contributed by atoms with van der Waals surface area (Å²) < 4.78 is 13.7. The number of hydrogen-bond acceptors (Lipinski definition) is 3. The molecule has 0 saturated heterocycles. The number of carbonyl (C=O) groups is 2. The molecule has 0 aliphatic carbocycles. The molecule has 0 bridgehead atoms. The van der Waals surface area contributed by atoms with Crippen LogP contribution in [0.3, 0.4) is 0 Å². The lowest BCUT2D eigenvalue weighted by Crippen LogP contribution is -2.40. The molecule has 0 saturated carbocycles. The maximum Gasteiger partial charge on any atom is 0.256 e. The molecule has 112 valence electrons. The van der Waals surface area contributed by atoms with Crippen LogP contribution >= 0.6 is 12.4 Å². The minimum absolute atomic E-state index is 0. The number of nitrogens with one attached hydrogen (secondary N) is 1. The molecule has 0 fully saturated rings. The van der Waals surface area contributed by atoms with Gasteiger partial charge in [0, 0.05) is 32.2 Å². The third-order valence-electron chi connectivity index (χ3n) is 2.84. The van der Waals surface area contributed by atoms with E-state index in [1.165, 1.54) is 24.0 Å². The van der Waals surface area contributed by atoms with Gasteiger partial charge in [-0.05, 0) is 25.1 Å². The lowest BCUT2D eigenvalue weighted by atomic mass is 10.1. The van der Waals surface area contributed by atoms with Gasteiger partial charge in [-0.15, -0.1) is 12.4 Å². The average Bonchev–Trinajstić information content (AvgIpc) is 2.37. The van der Waals surface area contributed by atoms with Crippen molar-refractivity contribution in [3.05, 3.63) is 29.6 Å². The maximum absolute atomic E-state index is 13.7. The van der Waals surface area contributed by atoms with Crippen molar-refractivity contribution in [3.63, 3.8) is 0 Å². The van der Waals surface area contributed by atoms with Crippen molar-refractivity contribution in [2.75, 3.05) is 18.9 Å². The largest absolute Gasteiger partial charge is 0.338 e. The van der Waals surface area contributed by atoms with Gasteiger partial charge in [0.2, 0.25) is 5.91 Å². The zero-order chi connectivity index (χ0) is 14.6. The highest BCUT2D eigenvalue weighted by Gasteiger charge is 2.20. The van der Waals surface area contributed by atoms with Crippen LogP contribution in [0.1, 0.15) is 24.2 Å². The van der Waals surface area contributed by atoms with Gasteiger partial charge >= 0.3 is 0 Å². The Morgan fingerprint density at radius 3 is 2.55 bits per heavy atom. The van der Waals surface area contributed by atoms with E-state index in [4.69, 9.17) is 5.73 Å². The van der Waals surface area contributed by atoms with Crippen molar-refractivity contribution in [3.8, 4) is 0 Å². The molecule has 0 radical (unpaired) electrons. The van der Waals surface area contributed by atoms with Gasteiger partial charge < -0.3 is 16.0 Å². The lowest BCUT2D eigenvalue weighted by Gasteiger charge is -2.24. The van der Waals surface area contributed by atoms with Crippen molar-refractivity contribution < 1.29 is 14.0 Å². The predicted molar refractivity (Wildman–Crippen MR) is 78.6 cm³/mol. The number of amides is 2. The Labute approximate surface area is 123 Å². The number of hydrogen-bond donors (Lipinski definition) is 2. The first-order valence-electron chi connectivity index (χ1n) is 5.91. The predicted octanol–water partition coefficient (Wildman–Crippen LogP) is 1.63. The minimum Gasteiger partial charge on any atom is -0.338 e. The van der Waals surface area contributed by atoms with E-state index < -0.39 is 11.7 Å². The Morgan fingerprint density at radius 1 is 1.45 bits per heavy atom. The third kappa shape index (κ3) is 4.47. The van der Waals surface area contributed by atoms with E-state index in [9.17, 15) is 14.0 Å². The molecule has 7 heteroatoms. The maximum atomic E-state index is 13.7. The van der Waals surface area contributed by atoms with Gasteiger partial charge in [0.05, 0.1) is 5.56 Å². The number of rotatable bonds is 4. The highest BCUT2D eigenvalue weighted by Crippen LogP contribution is 2.17. The summed E-state index contributed by atoms with van der Waals surface area (Å²) in [4.78, 5) is 24.4. The molecule has 5 nitrogen and oxygen atoms in total. The SMILES string of the molecule is CC(=O)Nc1ccc(F)c(C(=O)N(C)C(C)CN)c1.Cl. The van der Waals surface area contributed by atoms with Crippen molar-refractivity contribution in [1.29, 1.82) is 0 Å². The second kappa shape index (κ2) is 7.81. The molecule has 1 aromatic rings. The summed E-state index contributed by atoms with van der Waals surface area (Å²) in [5.74, 6) is -1.38. The molecule has 0 aromatic heterocycles. The van der Waals surface area contributed by atoms with Crippen LogP contribution in [0.25, 0.3) is 0 Å². The summed E-state index contributed by atoms with van der Waals surface area (Å²) in [7, 11) is 1.56. The number of benzene rings is 1. The van der Waals surface area contributed by atoms with Crippen LogP contribution < -0.4 is 11.1 Å². The summed E-state index contributed by atoms with van der Waals surface area (Å²) in [5, 5.41) is 2.51. The number of nitrogens with zero attached hydrogens (tertiary/aromatic N) is 1. The number of anilines is 1. The topological polar surface area (TPSA) is 75.4 Å². The van der Waals surface area contributed by atoms with Gasteiger partial charge in [0.1, 0.15) is 5.82 Å². The van der Waals surface area contributed by atoms with Crippen molar-refractivity contribution in [2.45, 2.75) is 19.9 Å². The quantitative estimate of drug-likeness (QED) is 0.887. The normalized spacial score (nSPS) is 11.2. The second-order valence-electron chi connectivity index (χ2n) is 4.38. The molecule has 3 N–H and O–H groups in total. The highest BCUT2D eigenvalue weighted by atomic mass is 35.5. The molecule has 2 amide bonds. The average molecular weight is 304 g/mol. The van der Waals surface area contributed by atoms with Crippen molar-refractivity contribution in [2.24, 2.45) is 5.73 Å². The third-order valence-corrected chi connectivity index (χ3v) is 2.84. The van der Waals surface area contributed by atoms with Gasteiger partial charge in [-0.2, -0.15) is 0 Å². The first-order chi connectivity index (χ1) is 8.86. The zero-order valence-electron chi connectivity index (χ0n) is 11.6. The van der Waals surface area contributed by atoms with Crippen LogP contribution in [0.15, 0.2) is 18.2 Å². The van der Waals surface area contributed by atoms with Crippen molar-refractivity contribution >= 4 is 29.9 Å². The molecule has 0 aliphatic heterocycles. The summed E-state index contributed by atoms with van der Waals surface area (Å²) >= 11 is 0. The zero-order valence-corrected chi connectivity index (χ0v) is 12.5. The van der Waals surface area contributed by atoms with Crippen LogP contribution in [0.5, 0.6) is 0 Å². The standard InChI is InChI=1S/C13H18FN3O2.ClH/c1-8(7-15)17(3)13(19)11-6-10(16-9(2)18)4-5-12(11)14;/h4-6,8H,7,15H2,1-3H3,(H,16,18);1H. The first kappa shape index (κ1) is 18.3. The van der Waals surface area contributed by atoms with Crippen molar-refractivity contribution in [1.82, 2.24) is 4.90 Å². The van der Waals surface area contributed by atoms with Crippen LogP contribution in [-0.4, -0.2) is 36.3 Å². The van der Waals surface area contributed by atoms with Gasteiger partial charge in [0.15, 0.2) is 0 Å². The van der Waals surface area contributed by atoms with Gasteiger partial charge in [0.25, 0.3) is 5.91 Å². The van der Waals surface area contributed by atoms with Gasteiger partial charge in [-0.1, -0.05) is 0 Å². The molecule has 1 unspecified atom stereocenters. The van der Waals surface area contributed by atoms with E-state index in [0.717, 1.165) is 6.07 Å². The molecule has 20 heavy (non-hydrogen) atoms. The molecule has 0 aliphatic rings. The second-order valence-corrected chi connectivity index (χ2v) is 4.38. The summed E-state index contributed by atoms with van der Waals surface area (Å²) in [6, 6.07) is 3.68. The van der Waals surface area contributed by atoms with E-state index in [0.29, 0.717) is 5.69 Å². The van der Waals surface area contributed by atoms with Gasteiger partial charge in [-0.25, -0.2) is 4.39 Å². The van der Waals surface area contributed by atoms with Crippen LogP contribution in [0, 0.1) is 5.82 Å². The van der Waals surface area contributed by atoms with Crippen LogP contribution in [0.4, 0.5) is 10.1 Å². The molecule has 1 rings (SSSR count). The monoisotopic (exact) mass is 303 g/mol. The Morgan fingerprint density at radius 2 is 2.05 bits per heavy atom. The fourth-order valence-electron chi connectivity index (χ4n) is 1.52. The Balaban J connectivity index is 0.00000361. The molecular weight excluding hydrogens is 285 g/mol. The van der Waals surface area contributed by atoms with Crippen LogP contribution in [-0.2, 0) is 4.79 Å². The van der Waals surface area contributed by atoms with E-state index in [2.05, 4.69) is 5.32 Å². The molecule has 1 atom stereocenters. The Kier molecular flexibility index (Phi) is 7.17. The number of likely N-dealkylation sites (N-methyl/N-ethyl adjacent to an activating group) is 1. The molecular formula is C13H19ClFN3O2. The van der Waals surface area contributed by atoms with E-state index in [-0.39, 0.29) is 36.5 Å². The first-order valence-corrected chi connectivity index (χ1v) is 5.91. The lowest BCUT2D eigenvalue weighted by molar-refractivity contribution is -0.114. The molecule has 0 heterocycles. The Hall–Kier alpha value is -1.66. The smallest absolute Gasteiger partial charge is 0.256 e. The van der Waals surface area contributed by atoms with E-state index >= 15 is 0 Å².